The summed E-state index contributed by atoms with van der Waals surface area (Å²) in [5.41, 5.74) is 7.22. The highest BCUT2D eigenvalue weighted by Crippen LogP contribution is 2.39. The van der Waals surface area contributed by atoms with Gasteiger partial charge in [-0.2, -0.15) is 0 Å². The van der Waals surface area contributed by atoms with E-state index in [-0.39, 0.29) is 0 Å². The molecule has 0 N–H and O–H groups in total. The highest BCUT2D eigenvalue weighted by atomic mass is 14.2. The van der Waals surface area contributed by atoms with Crippen LogP contribution in [0.1, 0.15) is 43.7 Å². The molecule has 0 heteroatoms. The van der Waals surface area contributed by atoms with Crippen LogP contribution in [0.2, 0.25) is 0 Å². The quantitative estimate of drug-likeness (QED) is 0.616. The Hall–Kier alpha value is -2.08. The number of benzene rings is 2. The van der Waals surface area contributed by atoms with Crippen molar-refractivity contribution >= 4 is 11.1 Å². The molecule has 106 valence electrons. The lowest BCUT2D eigenvalue weighted by Gasteiger charge is -2.07. The molecule has 2 aromatic rings. The highest BCUT2D eigenvalue weighted by molar-refractivity contribution is 5.91. The van der Waals surface area contributed by atoms with Crippen molar-refractivity contribution < 1.29 is 0 Å². The zero-order chi connectivity index (χ0) is 14.5. The molecule has 0 bridgehead atoms. The monoisotopic (exact) mass is 274 g/mol. The van der Waals surface area contributed by atoms with Crippen LogP contribution in [0.25, 0.3) is 11.1 Å². The molecule has 1 aliphatic rings. The van der Waals surface area contributed by atoms with Gasteiger partial charge in [-0.1, -0.05) is 85.7 Å². The molecule has 0 fully saturated rings. The van der Waals surface area contributed by atoms with Crippen molar-refractivity contribution in [1.29, 1.82) is 0 Å². The minimum Gasteiger partial charge on any atom is -0.0654 e. The predicted octanol–water partition coefficient (Wildman–Crippen LogP) is 6.12. The molecule has 1 aliphatic carbocycles. The first-order chi connectivity index (χ1) is 10.4. The number of rotatable bonds is 5. The fourth-order valence-corrected chi connectivity index (χ4v) is 3.01. The van der Waals surface area contributed by atoms with E-state index in [1.807, 2.05) is 0 Å². The fourth-order valence-electron chi connectivity index (χ4n) is 3.01. The third kappa shape index (κ3) is 3.16. The number of hydrogen-bond acceptors (Lipinski definition) is 0. The first-order valence-corrected chi connectivity index (χ1v) is 7.92. The van der Waals surface area contributed by atoms with Crippen LogP contribution >= 0.6 is 0 Å². The summed E-state index contributed by atoms with van der Waals surface area (Å²) in [5, 5.41) is 0. The maximum Gasteiger partial charge on any atom is -0.00517 e. The fraction of sp³-hybridized carbons (Fsp3) is 0.238. The van der Waals surface area contributed by atoms with E-state index in [4.69, 9.17) is 0 Å². The predicted molar refractivity (Wildman–Crippen MR) is 91.9 cm³/mol. The average molecular weight is 274 g/mol. The van der Waals surface area contributed by atoms with Gasteiger partial charge < -0.3 is 0 Å². The average Bonchev–Trinajstić information content (AvgIpc) is 2.99. The van der Waals surface area contributed by atoms with Gasteiger partial charge in [0, 0.05) is 0 Å². The van der Waals surface area contributed by atoms with Crippen molar-refractivity contribution in [2.75, 3.05) is 0 Å². The molecule has 0 spiro atoms. The normalized spacial score (nSPS) is 14.4. The van der Waals surface area contributed by atoms with Gasteiger partial charge in [0.25, 0.3) is 0 Å². The second-order valence-electron chi connectivity index (χ2n) is 5.70. The van der Waals surface area contributed by atoms with E-state index >= 15 is 0 Å². The van der Waals surface area contributed by atoms with E-state index in [0.717, 1.165) is 6.42 Å². The van der Waals surface area contributed by atoms with Crippen LogP contribution in [-0.2, 0) is 0 Å². The summed E-state index contributed by atoms with van der Waals surface area (Å²) in [6.45, 7) is 2.27. The van der Waals surface area contributed by atoms with Crippen molar-refractivity contribution in [1.82, 2.24) is 0 Å². The summed E-state index contributed by atoms with van der Waals surface area (Å²) in [7, 11) is 0. The Morgan fingerprint density at radius 1 is 0.810 bits per heavy atom. The molecule has 21 heavy (non-hydrogen) atoms. The third-order valence-electron chi connectivity index (χ3n) is 4.16. The molecule has 2 aromatic carbocycles. The molecule has 0 aliphatic heterocycles. The minimum atomic E-state index is 1.11. The van der Waals surface area contributed by atoms with Crippen LogP contribution in [0.15, 0.2) is 72.3 Å². The van der Waals surface area contributed by atoms with Gasteiger partial charge in [-0.15, -0.1) is 0 Å². The van der Waals surface area contributed by atoms with E-state index in [0.29, 0.717) is 0 Å². The molecule has 0 saturated carbocycles. The van der Waals surface area contributed by atoms with Crippen LogP contribution < -0.4 is 0 Å². The van der Waals surface area contributed by atoms with Crippen molar-refractivity contribution in [3.63, 3.8) is 0 Å². The molecule has 0 aromatic heterocycles. The zero-order valence-electron chi connectivity index (χ0n) is 12.7. The maximum atomic E-state index is 2.40. The largest absolute Gasteiger partial charge is 0.0654 e. The van der Waals surface area contributed by atoms with Crippen LogP contribution in [0.3, 0.4) is 0 Å². The summed E-state index contributed by atoms with van der Waals surface area (Å²) in [4.78, 5) is 0. The molecule has 0 amide bonds. The lowest BCUT2D eigenvalue weighted by atomic mass is 9.98. The van der Waals surface area contributed by atoms with Gasteiger partial charge in [0.2, 0.25) is 0 Å². The van der Waals surface area contributed by atoms with Gasteiger partial charge >= 0.3 is 0 Å². The smallest absolute Gasteiger partial charge is 0.00517 e. The van der Waals surface area contributed by atoms with E-state index in [9.17, 15) is 0 Å². The topological polar surface area (TPSA) is 0 Å². The standard InChI is InChI=1S/C21H22/c1-2-3-10-19-15-20(17-11-6-4-7-12-17)16-21(19)18-13-8-5-9-14-18/h4-9,11-14,16H,2-3,10,15H2,1H3. The Morgan fingerprint density at radius 3 is 2.05 bits per heavy atom. The number of hydrogen-bond donors (Lipinski definition) is 0. The van der Waals surface area contributed by atoms with Gasteiger partial charge in [-0.25, -0.2) is 0 Å². The number of unbranched alkanes of at least 4 members (excludes halogenated alkanes) is 1. The molecule has 0 radical (unpaired) electrons. The molecule has 0 nitrogen and oxygen atoms in total. The second kappa shape index (κ2) is 6.58. The molecule has 0 heterocycles. The Morgan fingerprint density at radius 2 is 1.43 bits per heavy atom. The van der Waals surface area contributed by atoms with Crippen molar-refractivity contribution in [3.8, 4) is 0 Å². The second-order valence-corrected chi connectivity index (χ2v) is 5.70. The Bertz CT molecular complexity index is 645. The van der Waals surface area contributed by atoms with E-state index in [1.54, 1.807) is 5.57 Å². The van der Waals surface area contributed by atoms with Crippen molar-refractivity contribution in [2.45, 2.75) is 32.6 Å². The van der Waals surface area contributed by atoms with Crippen LogP contribution in [0.5, 0.6) is 0 Å². The molecular formula is C21H22. The Kier molecular flexibility index (Phi) is 4.35. The molecule has 0 atom stereocenters. The molecular weight excluding hydrogens is 252 g/mol. The van der Waals surface area contributed by atoms with Crippen molar-refractivity contribution in [3.05, 3.63) is 83.4 Å². The van der Waals surface area contributed by atoms with Crippen molar-refractivity contribution in [2.24, 2.45) is 0 Å². The summed E-state index contributed by atoms with van der Waals surface area (Å²) >= 11 is 0. The van der Waals surface area contributed by atoms with Crippen LogP contribution in [-0.4, -0.2) is 0 Å². The zero-order valence-corrected chi connectivity index (χ0v) is 12.7. The summed E-state index contributed by atoms with van der Waals surface area (Å²) < 4.78 is 0. The molecule has 3 rings (SSSR count). The lowest BCUT2D eigenvalue weighted by Crippen LogP contribution is -1.87. The van der Waals surface area contributed by atoms with E-state index in [1.165, 1.54) is 41.5 Å². The summed E-state index contributed by atoms with van der Waals surface area (Å²) in [6, 6.07) is 21.6. The third-order valence-corrected chi connectivity index (χ3v) is 4.16. The minimum absolute atomic E-state index is 1.11. The van der Waals surface area contributed by atoms with Gasteiger partial charge in [-0.05, 0) is 41.5 Å². The highest BCUT2D eigenvalue weighted by Gasteiger charge is 2.17. The van der Waals surface area contributed by atoms with E-state index < -0.39 is 0 Å². The number of allylic oxidation sites excluding steroid dienone is 4. The van der Waals surface area contributed by atoms with Gasteiger partial charge in [-0.3, -0.25) is 0 Å². The summed E-state index contributed by atoms with van der Waals surface area (Å²) in [6.07, 6.45) is 7.26. The molecule has 0 unspecified atom stereocenters. The molecule has 0 saturated heterocycles. The Balaban J connectivity index is 1.94. The SMILES string of the molecule is CCCCC1=C(c2ccccc2)C=C(c2ccccc2)C1. The van der Waals surface area contributed by atoms with Gasteiger partial charge in [0.05, 0.1) is 0 Å². The first kappa shape index (κ1) is 13.9. The lowest BCUT2D eigenvalue weighted by molar-refractivity contribution is 0.782. The van der Waals surface area contributed by atoms with Crippen LogP contribution in [0.4, 0.5) is 0 Å². The van der Waals surface area contributed by atoms with Gasteiger partial charge in [0.15, 0.2) is 0 Å². The van der Waals surface area contributed by atoms with Crippen LogP contribution in [0, 0.1) is 0 Å². The van der Waals surface area contributed by atoms with Gasteiger partial charge in [0.1, 0.15) is 0 Å². The maximum absolute atomic E-state index is 2.40. The Labute approximate surface area is 127 Å². The van der Waals surface area contributed by atoms with E-state index in [2.05, 4.69) is 73.7 Å². The summed E-state index contributed by atoms with van der Waals surface area (Å²) in [5.74, 6) is 0. The first-order valence-electron chi connectivity index (χ1n) is 7.92.